The van der Waals surface area contributed by atoms with Gasteiger partial charge in [-0.05, 0) is 24.6 Å². The van der Waals surface area contributed by atoms with Crippen molar-refractivity contribution in [1.29, 1.82) is 0 Å². The molecule has 1 rings (SSSR count). The molecule has 0 radical (unpaired) electrons. The Balaban J connectivity index is 2.23. The fourth-order valence-corrected chi connectivity index (χ4v) is 1.33. The van der Waals surface area contributed by atoms with Gasteiger partial charge in [0, 0.05) is 19.6 Å². The number of aliphatic hydroxyl groups excluding tert-OH is 1. The lowest BCUT2D eigenvalue weighted by atomic mass is 10.2. The number of aliphatic hydroxyl groups is 1. The molecule has 0 spiro atoms. The van der Waals surface area contributed by atoms with E-state index in [-0.39, 0.29) is 0 Å². The maximum Gasteiger partial charge on any atom is 0.119 e. The van der Waals surface area contributed by atoms with E-state index in [4.69, 9.17) is 10.5 Å². The van der Waals surface area contributed by atoms with Gasteiger partial charge in [0.1, 0.15) is 18.5 Å². The zero-order valence-electron chi connectivity index (χ0n) is 9.65. The minimum atomic E-state index is -0.507. The van der Waals surface area contributed by atoms with Crippen LogP contribution in [0.4, 0.5) is 0 Å². The summed E-state index contributed by atoms with van der Waals surface area (Å²) in [4.78, 5) is 0. The number of aryl methyl sites for hydroxylation is 1. The highest BCUT2D eigenvalue weighted by atomic mass is 16.5. The van der Waals surface area contributed by atoms with E-state index in [0.717, 1.165) is 11.3 Å². The van der Waals surface area contributed by atoms with Gasteiger partial charge in [-0.25, -0.2) is 0 Å². The third kappa shape index (κ3) is 5.11. The normalized spacial score (nSPS) is 12.4. The highest BCUT2D eigenvalue weighted by molar-refractivity contribution is 5.27. The van der Waals surface area contributed by atoms with Crippen molar-refractivity contribution in [3.63, 3.8) is 0 Å². The molecular weight excluding hydrogens is 204 g/mol. The third-order valence-corrected chi connectivity index (χ3v) is 2.13. The molecule has 0 amide bonds. The van der Waals surface area contributed by atoms with Crippen molar-refractivity contribution in [2.75, 3.05) is 26.2 Å². The minimum absolute atomic E-state index is 0.293. The Morgan fingerprint density at radius 3 is 3.00 bits per heavy atom. The van der Waals surface area contributed by atoms with Crippen LogP contribution >= 0.6 is 0 Å². The lowest BCUT2D eigenvalue weighted by Gasteiger charge is -2.13. The average molecular weight is 224 g/mol. The molecule has 1 atom stereocenters. The van der Waals surface area contributed by atoms with Crippen LogP contribution in [-0.4, -0.2) is 37.5 Å². The summed E-state index contributed by atoms with van der Waals surface area (Å²) < 4.78 is 5.46. The molecule has 1 aromatic rings. The van der Waals surface area contributed by atoms with Crippen LogP contribution < -0.4 is 15.8 Å². The molecule has 0 bridgehead atoms. The van der Waals surface area contributed by atoms with Crippen LogP contribution in [0.15, 0.2) is 24.3 Å². The van der Waals surface area contributed by atoms with Gasteiger partial charge in [0.2, 0.25) is 0 Å². The number of benzene rings is 1. The number of nitrogens with one attached hydrogen (secondary N) is 1. The highest BCUT2D eigenvalue weighted by Crippen LogP contribution is 2.12. The number of ether oxygens (including phenoxy) is 1. The summed E-state index contributed by atoms with van der Waals surface area (Å²) in [7, 11) is 0. The van der Waals surface area contributed by atoms with E-state index in [0.29, 0.717) is 26.2 Å². The Morgan fingerprint density at radius 1 is 1.50 bits per heavy atom. The first-order chi connectivity index (χ1) is 7.72. The van der Waals surface area contributed by atoms with E-state index in [1.807, 2.05) is 31.2 Å². The van der Waals surface area contributed by atoms with E-state index in [1.165, 1.54) is 0 Å². The van der Waals surface area contributed by atoms with Crippen molar-refractivity contribution in [2.24, 2.45) is 5.73 Å². The SMILES string of the molecule is Cc1cccc(OCC(O)CNCCN)c1. The number of rotatable bonds is 7. The van der Waals surface area contributed by atoms with Crippen molar-refractivity contribution < 1.29 is 9.84 Å². The Labute approximate surface area is 96.4 Å². The smallest absolute Gasteiger partial charge is 0.119 e. The van der Waals surface area contributed by atoms with Crippen molar-refractivity contribution >= 4 is 0 Å². The highest BCUT2D eigenvalue weighted by Gasteiger charge is 2.04. The molecule has 0 aromatic heterocycles. The third-order valence-electron chi connectivity index (χ3n) is 2.13. The predicted molar refractivity (Wildman–Crippen MR) is 64.6 cm³/mol. The van der Waals surface area contributed by atoms with E-state index >= 15 is 0 Å². The summed E-state index contributed by atoms with van der Waals surface area (Å²) in [6, 6.07) is 7.77. The lowest BCUT2D eigenvalue weighted by Crippen LogP contribution is -2.34. The first-order valence-electron chi connectivity index (χ1n) is 5.50. The first kappa shape index (κ1) is 13.0. The van der Waals surface area contributed by atoms with Crippen LogP contribution in [0.2, 0.25) is 0 Å². The Hall–Kier alpha value is -1.10. The molecule has 0 aliphatic carbocycles. The monoisotopic (exact) mass is 224 g/mol. The van der Waals surface area contributed by atoms with Crippen LogP contribution in [0.3, 0.4) is 0 Å². The Kier molecular flexibility index (Phi) is 5.85. The summed E-state index contributed by atoms with van der Waals surface area (Å²) in [5, 5.41) is 12.6. The van der Waals surface area contributed by atoms with Crippen LogP contribution in [0.5, 0.6) is 5.75 Å². The summed E-state index contributed by atoms with van der Waals surface area (Å²) in [6.45, 7) is 4.09. The van der Waals surface area contributed by atoms with Gasteiger partial charge in [-0.1, -0.05) is 12.1 Å². The van der Waals surface area contributed by atoms with E-state index in [1.54, 1.807) is 0 Å². The summed E-state index contributed by atoms with van der Waals surface area (Å²) >= 11 is 0. The molecule has 0 saturated carbocycles. The lowest BCUT2D eigenvalue weighted by molar-refractivity contribution is 0.107. The molecule has 4 heteroatoms. The largest absolute Gasteiger partial charge is 0.491 e. The van der Waals surface area contributed by atoms with E-state index in [2.05, 4.69) is 5.32 Å². The van der Waals surface area contributed by atoms with Gasteiger partial charge in [-0.3, -0.25) is 0 Å². The molecule has 1 unspecified atom stereocenters. The minimum Gasteiger partial charge on any atom is -0.491 e. The summed E-state index contributed by atoms with van der Waals surface area (Å²) in [6.07, 6.45) is -0.507. The van der Waals surface area contributed by atoms with Crippen LogP contribution in [0, 0.1) is 6.92 Å². The molecule has 90 valence electrons. The molecule has 4 N–H and O–H groups in total. The van der Waals surface area contributed by atoms with Crippen LogP contribution in [0.1, 0.15) is 5.56 Å². The van der Waals surface area contributed by atoms with Crippen LogP contribution in [-0.2, 0) is 0 Å². The van der Waals surface area contributed by atoms with Gasteiger partial charge in [-0.15, -0.1) is 0 Å². The van der Waals surface area contributed by atoms with Crippen molar-refractivity contribution in [3.8, 4) is 5.75 Å². The predicted octanol–water partition coefficient (Wildman–Crippen LogP) is 0.283. The van der Waals surface area contributed by atoms with E-state index < -0.39 is 6.10 Å². The number of hydrogen-bond donors (Lipinski definition) is 3. The van der Waals surface area contributed by atoms with Crippen molar-refractivity contribution in [2.45, 2.75) is 13.0 Å². The zero-order chi connectivity index (χ0) is 11.8. The Bertz CT molecular complexity index is 305. The molecule has 0 saturated heterocycles. The fourth-order valence-electron chi connectivity index (χ4n) is 1.33. The van der Waals surface area contributed by atoms with Gasteiger partial charge in [-0.2, -0.15) is 0 Å². The summed E-state index contributed by atoms with van der Waals surface area (Å²) in [5.41, 5.74) is 6.47. The maximum absolute atomic E-state index is 9.58. The van der Waals surface area contributed by atoms with E-state index in [9.17, 15) is 5.11 Å². The van der Waals surface area contributed by atoms with Crippen LogP contribution in [0.25, 0.3) is 0 Å². The van der Waals surface area contributed by atoms with Crippen molar-refractivity contribution in [3.05, 3.63) is 29.8 Å². The van der Waals surface area contributed by atoms with Gasteiger partial charge in [0.15, 0.2) is 0 Å². The first-order valence-corrected chi connectivity index (χ1v) is 5.50. The molecule has 0 aliphatic heterocycles. The molecule has 16 heavy (non-hydrogen) atoms. The second-order valence-corrected chi connectivity index (χ2v) is 3.77. The molecule has 1 aromatic carbocycles. The van der Waals surface area contributed by atoms with Gasteiger partial charge in [0.25, 0.3) is 0 Å². The number of nitrogens with two attached hydrogens (primary N) is 1. The standard InChI is InChI=1S/C12H20N2O2/c1-10-3-2-4-12(7-10)16-9-11(15)8-14-6-5-13/h2-4,7,11,14-15H,5-6,8-9,13H2,1H3. The van der Waals surface area contributed by atoms with Gasteiger partial charge < -0.3 is 20.9 Å². The molecular formula is C12H20N2O2. The zero-order valence-corrected chi connectivity index (χ0v) is 9.65. The molecule has 0 heterocycles. The summed E-state index contributed by atoms with van der Waals surface area (Å²) in [5.74, 6) is 0.790. The molecule has 4 nitrogen and oxygen atoms in total. The maximum atomic E-state index is 9.58. The average Bonchev–Trinajstić information content (AvgIpc) is 2.27. The number of hydrogen-bond acceptors (Lipinski definition) is 4. The second kappa shape index (κ2) is 7.22. The van der Waals surface area contributed by atoms with Gasteiger partial charge in [0.05, 0.1) is 0 Å². The molecule has 0 fully saturated rings. The fraction of sp³-hybridized carbons (Fsp3) is 0.500. The molecule has 0 aliphatic rings. The van der Waals surface area contributed by atoms with Gasteiger partial charge >= 0.3 is 0 Å². The van der Waals surface area contributed by atoms with Crippen molar-refractivity contribution in [1.82, 2.24) is 5.32 Å². The topological polar surface area (TPSA) is 67.5 Å². The second-order valence-electron chi connectivity index (χ2n) is 3.77. The quantitative estimate of drug-likeness (QED) is 0.582. The Morgan fingerprint density at radius 2 is 2.31 bits per heavy atom.